The number of hydrogen-bond acceptors (Lipinski definition) is 4. The molecule has 35 heavy (non-hydrogen) atoms. The lowest BCUT2D eigenvalue weighted by Gasteiger charge is -2.29. The summed E-state index contributed by atoms with van der Waals surface area (Å²) in [7, 11) is -0.484. The molecule has 0 bridgehead atoms. The zero-order valence-corrected chi connectivity index (χ0v) is 22.0. The van der Waals surface area contributed by atoms with E-state index in [-0.39, 0.29) is 23.3 Å². The second-order valence-electron chi connectivity index (χ2n) is 9.81. The van der Waals surface area contributed by atoms with Gasteiger partial charge in [-0.15, -0.1) is 0 Å². The zero-order valence-electron chi connectivity index (χ0n) is 21.2. The van der Waals surface area contributed by atoms with Gasteiger partial charge in [-0.05, 0) is 54.9 Å². The van der Waals surface area contributed by atoms with Crippen LogP contribution in [0.4, 0.5) is 0 Å². The third-order valence-corrected chi connectivity index (χ3v) is 8.11. The molecule has 0 spiro atoms. The van der Waals surface area contributed by atoms with Gasteiger partial charge in [-0.1, -0.05) is 63.1 Å². The molecule has 1 amide bonds. The average molecular weight is 499 g/mol. The average Bonchev–Trinajstić information content (AvgIpc) is 3.37. The van der Waals surface area contributed by atoms with Crippen LogP contribution < -0.4 is 10.5 Å². The zero-order chi connectivity index (χ0) is 25.6. The number of sulfonamides is 1. The normalized spacial score (nSPS) is 16.0. The van der Waals surface area contributed by atoms with E-state index in [4.69, 9.17) is 5.73 Å². The number of nitrogens with one attached hydrogen (secondary N) is 1. The summed E-state index contributed by atoms with van der Waals surface area (Å²) in [5, 5.41) is 0. The standard InChI is InChI=1S/C27H38N4O3S/c1-19(2)17-20-11-15-24(16-12-20)35(33,34)30-25(27(32)31(4)23-7-5-6-8-23)18-21-9-13-22(14-10-21)26(28)29-3/h9-16,19,23,25,30H,5-8,17-18H2,1-4H3,(H2,28,29)/t25-/m0/s1. The van der Waals surface area contributed by atoms with Gasteiger partial charge in [-0.2, -0.15) is 4.72 Å². The summed E-state index contributed by atoms with van der Waals surface area (Å²) >= 11 is 0. The van der Waals surface area contributed by atoms with Crippen molar-refractivity contribution in [1.29, 1.82) is 0 Å². The summed E-state index contributed by atoms with van der Waals surface area (Å²) in [5.74, 6) is 0.691. The summed E-state index contributed by atoms with van der Waals surface area (Å²) in [6, 6.07) is 13.5. The number of carbonyl (C=O) groups is 1. The molecule has 1 atom stereocenters. The molecule has 0 saturated heterocycles. The van der Waals surface area contributed by atoms with Crippen molar-refractivity contribution in [2.75, 3.05) is 14.1 Å². The van der Waals surface area contributed by atoms with Crippen LogP contribution in [0.2, 0.25) is 0 Å². The van der Waals surface area contributed by atoms with Crippen molar-refractivity contribution in [3.05, 3.63) is 65.2 Å². The summed E-state index contributed by atoms with van der Waals surface area (Å²) in [5.41, 5.74) is 8.59. The molecule has 1 aliphatic rings. The first-order valence-corrected chi connectivity index (χ1v) is 13.8. The number of nitrogens with zero attached hydrogens (tertiary/aromatic N) is 2. The van der Waals surface area contributed by atoms with Crippen molar-refractivity contribution in [2.24, 2.45) is 16.6 Å². The largest absolute Gasteiger partial charge is 0.384 e. The monoisotopic (exact) mass is 498 g/mol. The molecule has 1 saturated carbocycles. The maximum Gasteiger partial charge on any atom is 0.241 e. The Kier molecular flexibility index (Phi) is 9.08. The number of rotatable bonds is 10. The minimum Gasteiger partial charge on any atom is -0.384 e. The highest BCUT2D eigenvalue weighted by molar-refractivity contribution is 7.89. The molecule has 1 fully saturated rings. The van der Waals surface area contributed by atoms with E-state index in [2.05, 4.69) is 23.6 Å². The lowest BCUT2D eigenvalue weighted by Crippen LogP contribution is -2.50. The molecule has 0 aliphatic heterocycles. The van der Waals surface area contributed by atoms with Gasteiger partial charge in [-0.3, -0.25) is 9.79 Å². The van der Waals surface area contributed by atoms with Gasteiger partial charge >= 0.3 is 0 Å². The van der Waals surface area contributed by atoms with Gasteiger partial charge in [0.1, 0.15) is 11.9 Å². The summed E-state index contributed by atoms with van der Waals surface area (Å²) in [6.45, 7) is 4.25. The van der Waals surface area contributed by atoms with E-state index in [0.717, 1.165) is 48.8 Å². The smallest absolute Gasteiger partial charge is 0.241 e. The first-order valence-electron chi connectivity index (χ1n) is 12.3. The Labute approximate surface area is 209 Å². The van der Waals surface area contributed by atoms with Gasteiger partial charge in [0, 0.05) is 25.7 Å². The van der Waals surface area contributed by atoms with Gasteiger partial charge in [-0.25, -0.2) is 8.42 Å². The quantitative estimate of drug-likeness (QED) is 0.386. The maximum absolute atomic E-state index is 13.5. The molecule has 3 N–H and O–H groups in total. The van der Waals surface area contributed by atoms with Gasteiger partial charge in [0.15, 0.2) is 0 Å². The van der Waals surface area contributed by atoms with E-state index in [1.807, 2.05) is 36.4 Å². The van der Waals surface area contributed by atoms with Crippen molar-refractivity contribution < 1.29 is 13.2 Å². The number of amidine groups is 1. The van der Waals surface area contributed by atoms with Crippen LogP contribution in [0.25, 0.3) is 0 Å². The second kappa shape index (κ2) is 11.8. The van der Waals surface area contributed by atoms with Gasteiger partial charge < -0.3 is 10.6 Å². The third kappa shape index (κ3) is 7.15. The molecule has 190 valence electrons. The molecule has 3 rings (SSSR count). The Balaban J connectivity index is 1.84. The predicted molar refractivity (Wildman–Crippen MR) is 141 cm³/mol. The van der Waals surface area contributed by atoms with E-state index in [9.17, 15) is 13.2 Å². The molecule has 0 heterocycles. The van der Waals surface area contributed by atoms with Crippen LogP contribution in [-0.4, -0.2) is 51.2 Å². The van der Waals surface area contributed by atoms with Crippen LogP contribution in [0.15, 0.2) is 58.4 Å². The van der Waals surface area contributed by atoms with Crippen molar-refractivity contribution in [2.45, 2.75) is 69.4 Å². The van der Waals surface area contributed by atoms with Crippen LogP contribution >= 0.6 is 0 Å². The Morgan fingerprint density at radius 2 is 1.57 bits per heavy atom. The van der Waals surface area contributed by atoms with E-state index in [0.29, 0.717) is 11.8 Å². The Hall–Kier alpha value is -2.71. The van der Waals surface area contributed by atoms with E-state index in [1.165, 1.54) is 0 Å². The lowest BCUT2D eigenvalue weighted by atomic mass is 10.0. The highest BCUT2D eigenvalue weighted by Gasteiger charge is 2.32. The fourth-order valence-corrected chi connectivity index (χ4v) is 5.79. The van der Waals surface area contributed by atoms with E-state index < -0.39 is 16.1 Å². The van der Waals surface area contributed by atoms with Crippen molar-refractivity contribution >= 4 is 21.8 Å². The molecule has 2 aromatic rings. The minimum atomic E-state index is -3.89. The summed E-state index contributed by atoms with van der Waals surface area (Å²) in [4.78, 5) is 19.4. The van der Waals surface area contributed by atoms with Crippen molar-refractivity contribution in [3.63, 3.8) is 0 Å². The molecule has 0 aromatic heterocycles. The number of hydrogen-bond donors (Lipinski definition) is 2. The molecular formula is C27H38N4O3S. The van der Waals surface area contributed by atoms with Crippen molar-refractivity contribution in [3.8, 4) is 0 Å². The highest BCUT2D eigenvalue weighted by Crippen LogP contribution is 2.24. The van der Waals surface area contributed by atoms with Crippen LogP contribution in [-0.2, 0) is 27.7 Å². The van der Waals surface area contributed by atoms with Crippen LogP contribution in [0, 0.1) is 5.92 Å². The SMILES string of the molecule is CN=C(N)c1ccc(C[C@H](NS(=O)(=O)c2ccc(CC(C)C)cc2)C(=O)N(C)C2CCCC2)cc1. The molecule has 0 radical (unpaired) electrons. The molecular weight excluding hydrogens is 460 g/mol. The fourth-order valence-electron chi connectivity index (χ4n) is 4.60. The first kappa shape index (κ1) is 26.9. The topological polar surface area (TPSA) is 105 Å². The van der Waals surface area contributed by atoms with Gasteiger partial charge in [0.05, 0.1) is 4.90 Å². The highest BCUT2D eigenvalue weighted by atomic mass is 32.2. The first-order chi connectivity index (χ1) is 16.6. The van der Waals surface area contributed by atoms with Crippen LogP contribution in [0.1, 0.15) is 56.2 Å². The Morgan fingerprint density at radius 1 is 1.03 bits per heavy atom. The molecule has 8 heteroatoms. The predicted octanol–water partition coefficient (Wildman–Crippen LogP) is 3.51. The number of carbonyl (C=O) groups excluding carboxylic acids is 1. The lowest BCUT2D eigenvalue weighted by molar-refractivity contribution is -0.133. The molecule has 7 nitrogen and oxygen atoms in total. The van der Waals surface area contributed by atoms with Crippen LogP contribution in [0.3, 0.4) is 0 Å². The van der Waals surface area contributed by atoms with E-state index >= 15 is 0 Å². The van der Waals surface area contributed by atoms with Gasteiger partial charge in [0.25, 0.3) is 0 Å². The maximum atomic E-state index is 13.5. The number of nitrogens with two attached hydrogens (primary N) is 1. The summed E-state index contributed by atoms with van der Waals surface area (Å²) in [6.07, 6.45) is 5.19. The van der Waals surface area contributed by atoms with Crippen molar-refractivity contribution in [1.82, 2.24) is 9.62 Å². The number of amides is 1. The minimum absolute atomic E-state index is 0.146. The number of aliphatic imine (C=N–C) groups is 1. The second-order valence-corrected chi connectivity index (χ2v) is 11.5. The van der Waals surface area contributed by atoms with Crippen LogP contribution in [0.5, 0.6) is 0 Å². The number of benzene rings is 2. The van der Waals surface area contributed by atoms with Gasteiger partial charge in [0.2, 0.25) is 15.9 Å². The van der Waals surface area contributed by atoms with E-state index in [1.54, 1.807) is 31.1 Å². The summed E-state index contributed by atoms with van der Waals surface area (Å²) < 4.78 is 29.3. The molecule has 1 aliphatic carbocycles. The Bertz CT molecular complexity index is 1120. The third-order valence-electron chi connectivity index (χ3n) is 6.62. The molecule has 0 unspecified atom stereocenters. The fraction of sp³-hybridized carbons (Fsp3) is 0.481. The molecule has 2 aromatic carbocycles. The number of likely N-dealkylation sites (N-methyl/N-ethyl adjacent to an activating group) is 1. The Morgan fingerprint density at radius 3 is 2.11 bits per heavy atom.